The number of benzene rings is 1. The van der Waals surface area contributed by atoms with Gasteiger partial charge in [0.1, 0.15) is 11.6 Å². The number of hydrogen-bond donors (Lipinski definition) is 1. The molecular weight excluding hydrogens is 298 g/mol. The molecule has 126 valence electrons. The van der Waals surface area contributed by atoms with E-state index < -0.39 is 0 Å². The number of carbonyl (C=O) groups is 1. The van der Waals surface area contributed by atoms with E-state index in [1.54, 1.807) is 6.20 Å². The van der Waals surface area contributed by atoms with Gasteiger partial charge in [-0.3, -0.25) is 9.69 Å². The highest BCUT2D eigenvalue weighted by molar-refractivity contribution is 5.81. The van der Waals surface area contributed by atoms with Crippen molar-refractivity contribution in [2.75, 3.05) is 18.8 Å². The molecule has 24 heavy (non-hydrogen) atoms. The summed E-state index contributed by atoms with van der Waals surface area (Å²) in [5.41, 5.74) is 8.23. The zero-order valence-electron chi connectivity index (χ0n) is 14.0. The molecule has 3 rings (SSSR count). The highest BCUT2D eigenvalue weighted by atomic mass is 16.1. The van der Waals surface area contributed by atoms with Gasteiger partial charge in [-0.15, -0.1) is 0 Å². The minimum atomic E-state index is 0.153. The molecule has 1 aromatic carbocycles. The minimum Gasteiger partial charge on any atom is -0.383 e. The lowest BCUT2D eigenvalue weighted by molar-refractivity contribution is -0.124. The van der Waals surface area contributed by atoms with Gasteiger partial charge in [0.25, 0.3) is 0 Å². The number of nitrogens with zero attached hydrogens (tertiary/aromatic N) is 2. The number of nitrogen functional groups attached to an aromatic ring is 1. The molecule has 0 amide bonds. The molecule has 0 spiro atoms. The molecule has 0 radical (unpaired) electrons. The lowest BCUT2D eigenvalue weighted by Crippen LogP contribution is -2.38. The number of nitrogens with two attached hydrogens (primary N) is 1. The lowest BCUT2D eigenvalue weighted by Gasteiger charge is -2.32. The van der Waals surface area contributed by atoms with Crippen molar-refractivity contribution in [3.05, 3.63) is 59.8 Å². The largest absolute Gasteiger partial charge is 0.383 e. The van der Waals surface area contributed by atoms with Gasteiger partial charge in [0.15, 0.2) is 0 Å². The molecule has 1 fully saturated rings. The van der Waals surface area contributed by atoms with Crippen molar-refractivity contribution in [3.63, 3.8) is 0 Å². The number of carbonyl (C=O) groups excluding carboxylic acids is 1. The number of likely N-dealkylation sites (tertiary alicyclic amines) is 1. The molecule has 1 saturated heterocycles. The number of rotatable bonds is 6. The van der Waals surface area contributed by atoms with E-state index in [9.17, 15) is 4.79 Å². The van der Waals surface area contributed by atoms with Gasteiger partial charge in [0, 0.05) is 37.2 Å². The van der Waals surface area contributed by atoms with Crippen molar-refractivity contribution >= 4 is 11.6 Å². The number of piperidine rings is 1. The Labute approximate surface area is 143 Å². The molecule has 4 heteroatoms. The maximum Gasteiger partial charge on any atom is 0.137 e. The predicted octanol–water partition coefficient (Wildman–Crippen LogP) is 3.08. The fourth-order valence-electron chi connectivity index (χ4n) is 3.40. The third-order valence-corrected chi connectivity index (χ3v) is 4.78. The van der Waals surface area contributed by atoms with Gasteiger partial charge in [-0.25, -0.2) is 4.98 Å². The summed E-state index contributed by atoms with van der Waals surface area (Å²) in [6.45, 7) is 2.64. The van der Waals surface area contributed by atoms with E-state index in [1.165, 1.54) is 5.56 Å². The summed E-state index contributed by atoms with van der Waals surface area (Å²) in [6.07, 6.45) is 5.27. The topological polar surface area (TPSA) is 59.2 Å². The number of Topliss-reactive ketones (excluding diaryl/α,β-unsaturated/α-hetero) is 1. The van der Waals surface area contributed by atoms with Crippen LogP contribution in [0.5, 0.6) is 0 Å². The number of hydrogen-bond acceptors (Lipinski definition) is 4. The predicted molar refractivity (Wildman–Crippen MR) is 96.4 cm³/mol. The Morgan fingerprint density at radius 2 is 2.04 bits per heavy atom. The second kappa shape index (κ2) is 8.06. The van der Waals surface area contributed by atoms with E-state index >= 15 is 0 Å². The third-order valence-electron chi connectivity index (χ3n) is 4.78. The molecule has 4 nitrogen and oxygen atoms in total. The van der Waals surface area contributed by atoms with Crippen molar-refractivity contribution in [1.82, 2.24) is 9.88 Å². The van der Waals surface area contributed by atoms with Crippen LogP contribution in [0.3, 0.4) is 0 Å². The van der Waals surface area contributed by atoms with E-state index in [-0.39, 0.29) is 5.92 Å². The smallest absolute Gasteiger partial charge is 0.137 e. The molecule has 0 bridgehead atoms. The summed E-state index contributed by atoms with van der Waals surface area (Å²) in [5.74, 6) is 1.14. The first-order chi connectivity index (χ1) is 11.7. The first-order valence-corrected chi connectivity index (χ1v) is 8.71. The second-order valence-electron chi connectivity index (χ2n) is 6.57. The number of aryl methyl sites for hydroxylation is 1. The highest BCUT2D eigenvalue weighted by Gasteiger charge is 2.25. The Hall–Kier alpha value is -2.20. The molecule has 1 aliphatic heterocycles. The molecule has 2 N–H and O–H groups in total. The van der Waals surface area contributed by atoms with Crippen LogP contribution >= 0.6 is 0 Å². The zero-order valence-corrected chi connectivity index (χ0v) is 14.0. The van der Waals surface area contributed by atoms with Crippen molar-refractivity contribution in [2.24, 2.45) is 5.92 Å². The van der Waals surface area contributed by atoms with Crippen molar-refractivity contribution in [1.29, 1.82) is 0 Å². The molecule has 1 unspecified atom stereocenters. The van der Waals surface area contributed by atoms with Crippen LogP contribution in [0, 0.1) is 5.92 Å². The molecule has 1 atom stereocenters. The molecule has 1 aliphatic rings. The average molecular weight is 323 g/mol. The average Bonchev–Trinajstić information content (AvgIpc) is 2.63. The van der Waals surface area contributed by atoms with Gasteiger partial charge in [0.2, 0.25) is 0 Å². The maximum atomic E-state index is 12.6. The molecule has 0 saturated carbocycles. The third kappa shape index (κ3) is 4.42. The normalized spacial score (nSPS) is 18.4. The Morgan fingerprint density at radius 3 is 2.83 bits per heavy atom. The van der Waals surface area contributed by atoms with Crippen molar-refractivity contribution in [3.8, 4) is 0 Å². The fraction of sp³-hybridized carbons (Fsp3) is 0.400. The number of pyridine rings is 1. The molecule has 1 aromatic heterocycles. The monoisotopic (exact) mass is 323 g/mol. The first kappa shape index (κ1) is 16.7. The molecular formula is C20H25N3O. The summed E-state index contributed by atoms with van der Waals surface area (Å²) < 4.78 is 0. The Kier molecular flexibility index (Phi) is 5.59. The van der Waals surface area contributed by atoms with Gasteiger partial charge in [-0.2, -0.15) is 0 Å². The van der Waals surface area contributed by atoms with Crippen LogP contribution < -0.4 is 5.73 Å². The van der Waals surface area contributed by atoms with Gasteiger partial charge in [0.05, 0.1) is 0 Å². The van der Waals surface area contributed by atoms with Gasteiger partial charge in [-0.05, 0) is 37.4 Å². The Bertz CT molecular complexity index is 672. The van der Waals surface area contributed by atoms with E-state index in [1.807, 2.05) is 30.3 Å². The number of ketones is 1. The van der Waals surface area contributed by atoms with Crippen LogP contribution in [0.2, 0.25) is 0 Å². The summed E-state index contributed by atoms with van der Waals surface area (Å²) >= 11 is 0. The maximum absolute atomic E-state index is 12.6. The molecule has 0 aliphatic carbocycles. The minimum absolute atomic E-state index is 0.153. The van der Waals surface area contributed by atoms with Crippen LogP contribution in [0.1, 0.15) is 30.4 Å². The fourth-order valence-corrected chi connectivity index (χ4v) is 3.40. The van der Waals surface area contributed by atoms with E-state index in [0.717, 1.165) is 44.5 Å². The van der Waals surface area contributed by atoms with Crippen molar-refractivity contribution in [2.45, 2.75) is 32.2 Å². The number of anilines is 1. The van der Waals surface area contributed by atoms with Crippen LogP contribution in [0.25, 0.3) is 0 Å². The van der Waals surface area contributed by atoms with Crippen LogP contribution in [-0.4, -0.2) is 28.8 Å². The summed E-state index contributed by atoms with van der Waals surface area (Å²) in [7, 11) is 0. The number of aromatic nitrogens is 1. The standard InChI is InChI=1S/C20H25N3O/c21-20-18(8-4-12-22-20)15-23-13-5-9-17(14-23)19(24)11-10-16-6-2-1-3-7-16/h1-4,6-8,12,17H,5,9-11,13-15H2,(H2,21,22). The molecule has 2 aromatic rings. The Balaban J connectivity index is 1.53. The Morgan fingerprint density at radius 1 is 1.21 bits per heavy atom. The van der Waals surface area contributed by atoms with Crippen LogP contribution in [0.4, 0.5) is 5.82 Å². The summed E-state index contributed by atoms with van der Waals surface area (Å²) in [4.78, 5) is 19.1. The van der Waals surface area contributed by atoms with Crippen LogP contribution in [-0.2, 0) is 17.8 Å². The van der Waals surface area contributed by atoms with Crippen molar-refractivity contribution < 1.29 is 4.79 Å². The molecule has 2 heterocycles. The lowest BCUT2D eigenvalue weighted by atomic mass is 9.90. The van der Waals surface area contributed by atoms with E-state index in [0.29, 0.717) is 18.0 Å². The zero-order chi connectivity index (χ0) is 16.8. The van der Waals surface area contributed by atoms with E-state index in [2.05, 4.69) is 22.0 Å². The second-order valence-corrected chi connectivity index (χ2v) is 6.57. The first-order valence-electron chi connectivity index (χ1n) is 8.71. The van der Waals surface area contributed by atoms with Crippen LogP contribution in [0.15, 0.2) is 48.7 Å². The highest BCUT2D eigenvalue weighted by Crippen LogP contribution is 2.22. The van der Waals surface area contributed by atoms with Gasteiger partial charge < -0.3 is 5.73 Å². The van der Waals surface area contributed by atoms with Gasteiger partial charge >= 0.3 is 0 Å². The van der Waals surface area contributed by atoms with E-state index in [4.69, 9.17) is 5.73 Å². The summed E-state index contributed by atoms with van der Waals surface area (Å²) in [6, 6.07) is 14.2. The quantitative estimate of drug-likeness (QED) is 0.887. The van der Waals surface area contributed by atoms with Gasteiger partial charge in [-0.1, -0.05) is 36.4 Å². The summed E-state index contributed by atoms with van der Waals surface area (Å²) in [5, 5.41) is 0. The SMILES string of the molecule is Nc1ncccc1CN1CCCC(C(=O)CCc2ccccc2)C1.